The molecule has 220 valence electrons. The number of hydrogen-bond acceptors (Lipinski definition) is 10. The SMILES string of the molecule is CC(C)(C)c1cc(S(=O)(=O)[O-])cc(C=N[C@@H]2CCCC[C@H]2N=Cc2cc(S(=O)(=O)[O-])cc(C(C)(C)C)c2[O-])c1[O-].[Na+].[Na+].[Na+].[Na+]. The zero-order valence-electron chi connectivity index (χ0n) is 27.4. The Morgan fingerprint density at radius 3 is 1.18 bits per heavy atom. The standard InChI is InChI=1S/C28H38N2O8S2.4Na/c1-27(2,3)21-13-19(39(33,34)35)11-17(25(21)31)15-29-23-9-7-8-10-24(23)30-16-18-12-20(40(36,37)38)14-22(26(18)32)28(4,5)6;;;;/h11-16,23-24,31-32H,7-10H2,1-6H3,(H,33,34,35)(H,36,37,38);;;;/q;4*+1/p-4/t23-,24-;;;;/m1..../s1. The van der Waals surface area contributed by atoms with E-state index < -0.39 is 64.4 Å². The van der Waals surface area contributed by atoms with Crippen molar-refractivity contribution in [3.8, 4) is 11.5 Å². The maximum absolute atomic E-state index is 13.1. The Morgan fingerprint density at radius 2 is 0.932 bits per heavy atom. The molecule has 1 aliphatic rings. The first-order valence-electron chi connectivity index (χ1n) is 12.9. The molecule has 16 heteroatoms. The van der Waals surface area contributed by atoms with Gasteiger partial charge in [0.2, 0.25) is 0 Å². The molecule has 1 fully saturated rings. The van der Waals surface area contributed by atoms with Crippen LogP contribution in [-0.4, -0.2) is 50.5 Å². The van der Waals surface area contributed by atoms with Gasteiger partial charge in [0.15, 0.2) is 0 Å². The summed E-state index contributed by atoms with van der Waals surface area (Å²) in [6.07, 6.45) is 5.39. The molecule has 2 aromatic rings. The van der Waals surface area contributed by atoms with Crippen LogP contribution in [0, 0.1) is 0 Å². The summed E-state index contributed by atoms with van der Waals surface area (Å²) in [6, 6.07) is 3.43. The van der Waals surface area contributed by atoms with Crippen molar-refractivity contribution in [3.05, 3.63) is 46.5 Å². The fourth-order valence-corrected chi connectivity index (χ4v) is 5.70. The van der Waals surface area contributed by atoms with Crippen molar-refractivity contribution < 1.29 is 154 Å². The molecular weight excluding hydrogens is 648 g/mol. The number of nitrogens with zero attached hydrogens (tertiary/aromatic N) is 2. The van der Waals surface area contributed by atoms with Gasteiger partial charge in [-0.2, -0.15) is 0 Å². The minimum absolute atomic E-state index is 0. The molecule has 1 saturated carbocycles. The molecule has 0 spiro atoms. The number of hydrogen-bond donors (Lipinski definition) is 0. The van der Waals surface area contributed by atoms with Crippen LogP contribution < -0.4 is 128 Å². The summed E-state index contributed by atoms with van der Waals surface area (Å²) in [5.74, 6) is -0.860. The van der Waals surface area contributed by atoms with Crippen LogP contribution in [0.25, 0.3) is 0 Å². The van der Waals surface area contributed by atoms with Crippen molar-refractivity contribution in [1.29, 1.82) is 0 Å². The average Bonchev–Trinajstić information content (AvgIpc) is 2.80. The van der Waals surface area contributed by atoms with Crippen molar-refractivity contribution in [2.24, 2.45) is 9.98 Å². The Hall–Kier alpha value is 1.20. The normalized spacial score (nSPS) is 17.7. The third-order valence-corrected chi connectivity index (χ3v) is 8.51. The topological polar surface area (TPSA) is 185 Å². The second-order valence-corrected chi connectivity index (χ2v) is 14.9. The first-order valence-corrected chi connectivity index (χ1v) is 15.7. The molecule has 1 aliphatic carbocycles. The summed E-state index contributed by atoms with van der Waals surface area (Å²) in [4.78, 5) is 8.04. The van der Waals surface area contributed by atoms with Crippen LogP contribution in [0.15, 0.2) is 44.0 Å². The van der Waals surface area contributed by atoms with Gasteiger partial charge in [-0.15, -0.1) is 0 Å². The van der Waals surface area contributed by atoms with Crippen molar-refractivity contribution in [3.63, 3.8) is 0 Å². The Morgan fingerprint density at radius 1 is 0.636 bits per heavy atom. The third kappa shape index (κ3) is 12.6. The zero-order valence-corrected chi connectivity index (χ0v) is 37.1. The van der Waals surface area contributed by atoms with Crippen molar-refractivity contribution in [2.45, 2.75) is 99.9 Å². The number of aliphatic imine (C=N–C) groups is 2. The predicted molar refractivity (Wildman–Crippen MR) is 146 cm³/mol. The van der Waals surface area contributed by atoms with E-state index >= 15 is 0 Å². The molecule has 0 N–H and O–H groups in total. The van der Waals surface area contributed by atoms with Gasteiger partial charge in [-0.3, -0.25) is 9.98 Å². The van der Waals surface area contributed by atoms with Gasteiger partial charge in [0.25, 0.3) is 0 Å². The summed E-state index contributed by atoms with van der Waals surface area (Å²) >= 11 is 0. The van der Waals surface area contributed by atoms with E-state index in [0.29, 0.717) is 12.8 Å². The van der Waals surface area contributed by atoms with Crippen LogP contribution in [-0.2, 0) is 31.1 Å². The molecule has 0 heterocycles. The van der Waals surface area contributed by atoms with Gasteiger partial charge in [0.05, 0.1) is 21.9 Å². The summed E-state index contributed by atoms with van der Waals surface area (Å²) in [6.45, 7) is 10.4. The van der Waals surface area contributed by atoms with E-state index in [-0.39, 0.29) is 140 Å². The fraction of sp³-hybridized carbons (Fsp3) is 0.500. The Balaban J connectivity index is 0. The maximum Gasteiger partial charge on any atom is 1.00 e. The van der Waals surface area contributed by atoms with Gasteiger partial charge in [0.1, 0.15) is 20.2 Å². The molecule has 0 aliphatic heterocycles. The van der Waals surface area contributed by atoms with E-state index in [1.54, 1.807) is 41.5 Å². The monoisotopic (exact) mass is 682 g/mol. The first-order chi connectivity index (χ1) is 18.2. The van der Waals surface area contributed by atoms with Gasteiger partial charge in [-0.1, -0.05) is 65.9 Å². The average molecular weight is 683 g/mol. The van der Waals surface area contributed by atoms with Crippen LogP contribution in [0.2, 0.25) is 0 Å². The Bertz CT molecular complexity index is 1450. The van der Waals surface area contributed by atoms with E-state index in [0.717, 1.165) is 37.1 Å². The molecule has 2 atom stereocenters. The van der Waals surface area contributed by atoms with Crippen molar-refractivity contribution in [1.82, 2.24) is 0 Å². The van der Waals surface area contributed by atoms with Crippen LogP contribution in [0.4, 0.5) is 0 Å². The third-order valence-electron chi connectivity index (χ3n) is 6.88. The minimum Gasteiger partial charge on any atom is -0.872 e. The van der Waals surface area contributed by atoms with Crippen LogP contribution in [0.1, 0.15) is 89.5 Å². The number of benzene rings is 2. The molecule has 44 heavy (non-hydrogen) atoms. The maximum atomic E-state index is 13.1. The van der Waals surface area contributed by atoms with Gasteiger partial charge in [-0.25, -0.2) is 16.8 Å². The van der Waals surface area contributed by atoms with Gasteiger partial charge >= 0.3 is 118 Å². The largest absolute Gasteiger partial charge is 1.00 e. The van der Waals surface area contributed by atoms with E-state index in [9.17, 15) is 36.2 Å². The van der Waals surface area contributed by atoms with Gasteiger partial charge in [0, 0.05) is 12.4 Å². The summed E-state index contributed by atoms with van der Waals surface area (Å²) in [7, 11) is -9.64. The van der Waals surface area contributed by atoms with Crippen LogP contribution in [0.3, 0.4) is 0 Å². The van der Waals surface area contributed by atoms with Crippen LogP contribution >= 0.6 is 0 Å². The summed E-state index contributed by atoms with van der Waals surface area (Å²) < 4.78 is 70.5. The molecule has 3 rings (SSSR count). The zero-order chi connectivity index (χ0) is 30.3. The Labute approximate surface area is 350 Å². The second kappa shape index (κ2) is 18.3. The fourth-order valence-electron chi connectivity index (χ4n) is 4.63. The molecule has 10 nitrogen and oxygen atoms in total. The predicted octanol–water partition coefficient (Wildman–Crippen LogP) is -8.90. The van der Waals surface area contributed by atoms with E-state index in [2.05, 4.69) is 9.98 Å². The first kappa shape index (κ1) is 47.3. The van der Waals surface area contributed by atoms with E-state index in [1.165, 1.54) is 12.4 Å². The van der Waals surface area contributed by atoms with Crippen molar-refractivity contribution >= 4 is 32.7 Å². The molecular formula is C28H34N2Na4O8S2. The quantitative estimate of drug-likeness (QED) is 0.163. The second-order valence-electron chi connectivity index (χ2n) is 12.2. The Kier molecular flexibility index (Phi) is 19.6. The van der Waals surface area contributed by atoms with Gasteiger partial charge < -0.3 is 19.3 Å². The summed E-state index contributed by atoms with van der Waals surface area (Å²) in [5, 5.41) is 26.2. The summed E-state index contributed by atoms with van der Waals surface area (Å²) in [5.41, 5.74) is -1.14. The van der Waals surface area contributed by atoms with E-state index in [4.69, 9.17) is 0 Å². The molecule has 0 radical (unpaired) electrons. The molecule has 0 bridgehead atoms. The van der Waals surface area contributed by atoms with E-state index in [1.807, 2.05) is 0 Å². The molecule has 0 saturated heterocycles. The molecule has 0 amide bonds. The van der Waals surface area contributed by atoms with Gasteiger partial charge in [-0.05, 0) is 70.2 Å². The minimum atomic E-state index is -4.82. The molecule has 0 aromatic heterocycles. The van der Waals surface area contributed by atoms with Crippen molar-refractivity contribution in [2.75, 3.05) is 0 Å². The molecule has 2 aromatic carbocycles. The number of rotatable bonds is 6. The smallest absolute Gasteiger partial charge is 0.872 e. The molecule has 0 unspecified atom stereocenters. The van der Waals surface area contributed by atoms with Crippen LogP contribution in [0.5, 0.6) is 11.5 Å².